The van der Waals surface area contributed by atoms with E-state index in [4.69, 9.17) is 5.26 Å². The number of carbonyl (C=O) groups excluding carboxylic acids is 1. The number of hydrogen-bond acceptors (Lipinski definition) is 3. The van der Waals surface area contributed by atoms with Crippen LogP contribution < -0.4 is 10.6 Å². The lowest BCUT2D eigenvalue weighted by Gasteiger charge is -2.10. The summed E-state index contributed by atoms with van der Waals surface area (Å²) in [4.78, 5) is 11.4. The van der Waals surface area contributed by atoms with Crippen LogP contribution >= 0.6 is 0 Å². The van der Waals surface area contributed by atoms with Crippen molar-refractivity contribution in [3.05, 3.63) is 29.6 Å². The Morgan fingerprint density at radius 3 is 2.83 bits per heavy atom. The SMILES string of the molecule is CC(C)NC(=O)CCNc1ccc(F)cc1C#N. The molecule has 1 aromatic carbocycles. The fraction of sp³-hybridized carbons (Fsp3) is 0.385. The van der Waals surface area contributed by atoms with Crippen molar-refractivity contribution in [2.75, 3.05) is 11.9 Å². The molecule has 1 rings (SSSR count). The van der Waals surface area contributed by atoms with Crippen molar-refractivity contribution in [2.24, 2.45) is 0 Å². The van der Waals surface area contributed by atoms with Crippen LogP contribution in [-0.2, 0) is 4.79 Å². The fourth-order valence-corrected chi connectivity index (χ4v) is 1.47. The van der Waals surface area contributed by atoms with Crippen molar-refractivity contribution in [1.82, 2.24) is 5.32 Å². The molecule has 0 bridgehead atoms. The van der Waals surface area contributed by atoms with Crippen LogP contribution in [0.5, 0.6) is 0 Å². The van der Waals surface area contributed by atoms with Crippen molar-refractivity contribution >= 4 is 11.6 Å². The second kappa shape index (κ2) is 6.60. The minimum atomic E-state index is -0.449. The summed E-state index contributed by atoms with van der Waals surface area (Å²) in [6.07, 6.45) is 0.306. The highest BCUT2D eigenvalue weighted by Crippen LogP contribution is 2.15. The Kier molecular flexibility index (Phi) is 5.12. The Morgan fingerprint density at radius 2 is 2.22 bits per heavy atom. The van der Waals surface area contributed by atoms with E-state index in [-0.39, 0.29) is 17.5 Å². The molecule has 18 heavy (non-hydrogen) atoms. The molecule has 96 valence electrons. The first kappa shape index (κ1) is 14.0. The van der Waals surface area contributed by atoms with E-state index in [0.29, 0.717) is 18.7 Å². The maximum atomic E-state index is 12.9. The average molecular weight is 249 g/mol. The Bertz CT molecular complexity index is 466. The molecule has 0 aromatic heterocycles. The van der Waals surface area contributed by atoms with E-state index in [9.17, 15) is 9.18 Å². The van der Waals surface area contributed by atoms with Gasteiger partial charge in [-0.15, -0.1) is 0 Å². The second-order valence-electron chi connectivity index (χ2n) is 4.20. The molecule has 0 aliphatic carbocycles. The summed E-state index contributed by atoms with van der Waals surface area (Å²) in [5, 5.41) is 14.5. The van der Waals surface area contributed by atoms with Gasteiger partial charge in [-0.25, -0.2) is 4.39 Å². The van der Waals surface area contributed by atoms with Crippen LogP contribution in [0.3, 0.4) is 0 Å². The Labute approximate surface area is 106 Å². The summed E-state index contributed by atoms with van der Waals surface area (Å²) in [6.45, 7) is 4.18. The topological polar surface area (TPSA) is 64.9 Å². The van der Waals surface area contributed by atoms with Gasteiger partial charge in [0.1, 0.15) is 11.9 Å². The summed E-state index contributed by atoms with van der Waals surface area (Å²) in [7, 11) is 0. The third kappa shape index (κ3) is 4.42. The number of anilines is 1. The van der Waals surface area contributed by atoms with Crippen LogP contribution in [0.25, 0.3) is 0 Å². The van der Waals surface area contributed by atoms with Crippen LogP contribution in [0.1, 0.15) is 25.8 Å². The molecule has 0 saturated carbocycles. The Morgan fingerprint density at radius 1 is 1.50 bits per heavy atom. The highest BCUT2D eigenvalue weighted by Gasteiger charge is 2.05. The molecule has 0 atom stereocenters. The van der Waals surface area contributed by atoms with Gasteiger partial charge in [0.15, 0.2) is 0 Å². The first-order chi connectivity index (χ1) is 8.52. The molecule has 1 aromatic rings. The number of nitrogens with one attached hydrogen (secondary N) is 2. The number of carbonyl (C=O) groups is 1. The number of hydrogen-bond donors (Lipinski definition) is 2. The molecule has 5 heteroatoms. The highest BCUT2D eigenvalue weighted by atomic mass is 19.1. The molecule has 4 nitrogen and oxygen atoms in total. The lowest BCUT2D eigenvalue weighted by atomic mass is 10.2. The smallest absolute Gasteiger partial charge is 0.221 e. The molecule has 0 heterocycles. The van der Waals surface area contributed by atoms with Crippen molar-refractivity contribution in [3.8, 4) is 6.07 Å². The second-order valence-corrected chi connectivity index (χ2v) is 4.20. The zero-order valence-electron chi connectivity index (χ0n) is 10.5. The van der Waals surface area contributed by atoms with E-state index in [2.05, 4.69) is 10.6 Å². The molecule has 0 unspecified atom stereocenters. The van der Waals surface area contributed by atoms with Gasteiger partial charge in [0.05, 0.1) is 11.3 Å². The quantitative estimate of drug-likeness (QED) is 0.839. The fourth-order valence-electron chi connectivity index (χ4n) is 1.47. The van der Waals surface area contributed by atoms with Crippen LogP contribution in [0.4, 0.5) is 10.1 Å². The number of amides is 1. The summed E-state index contributed by atoms with van der Waals surface area (Å²) in [5.74, 6) is -0.507. The summed E-state index contributed by atoms with van der Waals surface area (Å²) < 4.78 is 12.9. The largest absolute Gasteiger partial charge is 0.383 e. The predicted octanol–water partition coefficient (Wildman–Crippen LogP) is 2.02. The van der Waals surface area contributed by atoms with Crippen LogP contribution in [0.2, 0.25) is 0 Å². The van der Waals surface area contributed by atoms with Crippen LogP contribution in [0, 0.1) is 17.1 Å². The zero-order valence-corrected chi connectivity index (χ0v) is 10.5. The van der Waals surface area contributed by atoms with E-state index < -0.39 is 5.82 Å². The number of nitriles is 1. The van der Waals surface area contributed by atoms with Crippen LogP contribution in [0.15, 0.2) is 18.2 Å². The zero-order chi connectivity index (χ0) is 13.5. The van der Waals surface area contributed by atoms with Gasteiger partial charge in [-0.3, -0.25) is 4.79 Å². The van der Waals surface area contributed by atoms with Gasteiger partial charge >= 0.3 is 0 Å². The first-order valence-electron chi connectivity index (χ1n) is 5.76. The molecule has 0 saturated heterocycles. The van der Waals surface area contributed by atoms with Gasteiger partial charge in [-0.05, 0) is 32.0 Å². The van der Waals surface area contributed by atoms with Gasteiger partial charge in [-0.2, -0.15) is 5.26 Å². The molecule has 1 amide bonds. The molecule has 0 radical (unpaired) electrons. The van der Waals surface area contributed by atoms with Gasteiger partial charge in [0.25, 0.3) is 0 Å². The molecular weight excluding hydrogens is 233 g/mol. The Hall–Kier alpha value is -2.09. The van der Waals surface area contributed by atoms with E-state index in [1.807, 2.05) is 19.9 Å². The maximum Gasteiger partial charge on any atom is 0.221 e. The standard InChI is InChI=1S/C13H16FN3O/c1-9(2)17-13(18)5-6-16-12-4-3-11(14)7-10(12)8-15/h3-4,7,9,16H,5-6H2,1-2H3,(H,17,18). The van der Waals surface area contributed by atoms with Crippen molar-refractivity contribution in [3.63, 3.8) is 0 Å². The molecular formula is C13H16FN3O. The maximum absolute atomic E-state index is 12.9. The number of halogens is 1. The van der Waals surface area contributed by atoms with Gasteiger partial charge in [-0.1, -0.05) is 0 Å². The van der Waals surface area contributed by atoms with Gasteiger partial charge in [0, 0.05) is 19.0 Å². The molecule has 0 fully saturated rings. The van der Waals surface area contributed by atoms with E-state index in [1.165, 1.54) is 12.1 Å². The third-order valence-electron chi connectivity index (χ3n) is 2.22. The number of nitrogens with zero attached hydrogens (tertiary/aromatic N) is 1. The van der Waals surface area contributed by atoms with Crippen molar-refractivity contribution in [1.29, 1.82) is 5.26 Å². The summed E-state index contributed by atoms with van der Waals surface area (Å²) >= 11 is 0. The molecule has 0 spiro atoms. The van der Waals surface area contributed by atoms with Crippen molar-refractivity contribution in [2.45, 2.75) is 26.3 Å². The lowest BCUT2D eigenvalue weighted by molar-refractivity contribution is -0.121. The number of rotatable bonds is 5. The summed E-state index contributed by atoms with van der Waals surface area (Å²) in [6, 6.07) is 5.95. The van der Waals surface area contributed by atoms with E-state index in [0.717, 1.165) is 6.07 Å². The third-order valence-corrected chi connectivity index (χ3v) is 2.22. The minimum absolute atomic E-state index is 0.0573. The summed E-state index contributed by atoms with van der Waals surface area (Å²) in [5.41, 5.74) is 0.774. The van der Waals surface area contributed by atoms with E-state index in [1.54, 1.807) is 0 Å². The molecule has 0 aliphatic heterocycles. The predicted molar refractivity (Wildman–Crippen MR) is 67.5 cm³/mol. The Balaban J connectivity index is 2.50. The van der Waals surface area contributed by atoms with Gasteiger partial charge in [0.2, 0.25) is 5.91 Å². The molecule has 0 aliphatic rings. The normalized spacial score (nSPS) is 9.94. The lowest BCUT2D eigenvalue weighted by Crippen LogP contribution is -2.31. The first-order valence-corrected chi connectivity index (χ1v) is 5.76. The van der Waals surface area contributed by atoms with Crippen LogP contribution in [-0.4, -0.2) is 18.5 Å². The average Bonchev–Trinajstić information content (AvgIpc) is 2.30. The highest BCUT2D eigenvalue weighted by molar-refractivity contribution is 5.76. The molecule has 2 N–H and O–H groups in total. The monoisotopic (exact) mass is 249 g/mol. The van der Waals surface area contributed by atoms with E-state index >= 15 is 0 Å². The minimum Gasteiger partial charge on any atom is -0.383 e. The van der Waals surface area contributed by atoms with Crippen molar-refractivity contribution < 1.29 is 9.18 Å². The number of benzene rings is 1. The van der Waals surface area contributed by atoms with Gasteiger partial charge < -0.3 is 10.6 Å².